The molecule has 0 unspecified atom stereocenters. The number of hydrogen-bond donors (Lipinski definition) is 1. The predicted molar refractivity (Wildman–Crippen MR) is 69.9 cm³/mol. The maximum atomic E-state index is 5.33. The highest BCUT2D eigenvalue weighted by Crippen LogP contribution is 2.23. The minimum absolute atomic E-state index is 0.901. The Labute approximate surface area is 104 Å². The van der Waals surface area contributed by atoms with Crippen LogP contribution in [0.4, 0.5) is 0 Å². The molecule has 0 radical (unpaired) electrons. The minimum atomic E-state index is 0.901. The molecule has 3 heteroatoms. The van der Waals surface area contributed by atoms with E-state index >= 15 is 0 Å². The topological polar surface area (TPSA) is 28.4 Å². The van der Waals surface area contributed by atoms with Gasteiger partial charge in [0.2, 0.25) is 0 Å². The van der Waals surface area contributed by atoms with Gasteiger partial charge in [-0.1, -0.05) is 12.8 Å². The van der Waals surface area contributed by atoms with E-state index in [0.29, 0.717) is 0 Å². The number of rotatable bonds is 7. The molecule has 1 fully saturated rings. The first-order valence-corrected chi connectivity index (χ1v) is 6.76. The van der Waals surface area contributed by atoms with Crippen molar-refractivity contribution in [3.63, 3.8) is 0 Å². The van der Waals surface area contributed by atoms with Crippen molar-refractivity contribution < 1.29 is 4.42 Å². The molecule has 0 spiro atoms. The van der Waals surface area contributed by atoms with Crippen LogP contribution in [0.5, 0.6) is 0 Å². The largest absolute Gasteiger partial charge is 0.468 e. The quantitative estimate of drug-likeness (QED) is 0.737. The molecule has 1 aromatic heterocycles. The molecule has 2 rings (SSSR count). The maximum Gasteiger partial charge on any atom is 0.117 e. The average Bonchev–Trinajstić information content (AvgIpc) is 2.96. The van der Waals surface area contributed by atoms with Gasteiger partial charge in [0.25, 0.3) is 0 Å². The van der Waals surface area contributed by atoms with Gasteiger partial charge in [-0.25, -0.2) is 0 Å². The molecule has 1 heterocycles. The van der Waals surface area contributed by atoms with Crippen LogP contribution in [-0.2, 0) is 6.54 Å². The second kappa shape index (κ2) is 6.82. The van der Waals surface area contributed by atoms with Gasteiger partial charge < -0.3 is 9.73 Å². The summed E-state index contributed by atoms with van der Waals surface area (Å²) in [5.41, 5.74) is 0. The summed E-state index contributed by atoms with van der Waals surface area (Å²) in [6.45, 7) is 4.26. The fraction of sp³-hybridized carbons (Fsp3) is 0.714. The van der Waals surface area contributed by atoms with E-state index in [1.165, 1.54) is 32.2 Å². The zero-order chi connectivity index (χ0) is 11.9. The summed E-state index contributed by atoms with van der Waals surface area (Å²) in [4.78, 5) is 2.29. The molecule has 1 saturated carbocycles. The predicted octanol–water partition coefficient (Wildman–Crippen LogP) is 2.49. The highest BCUT2D eigenvalue weighted by molar-refractivity contribution is 4.97. The van der Waals surface area contributed by atoms with E-state index in [0.717, 1.165) is 31.3 Å². The van der Waals surface area contributed by atoms with E-state index in [1.807, 2.05) is 12.1 Å². The Morgan fingerprint density at radius 2 is 2.24 bits per heavy atom. The van der Waals surface area contributed by atoms with Gasteiger partial charge in [-0.3, -0.25) is 4.90 Å². The lowest BCUT2D eigenvalue weighted by Gasteiger charge is -2.16. The lowest BCUT2D eigenvalue weighted by molar-refractivity contribution is 0.291. The van der Waals surface area contributed by atoms with Crippen molar-refractivity contribution in [3.05, 3.63) is 24.2 Å². The Hall–Kier alpha value is -0.800. The summed E-state index contributed by atoms with van der Waals surface area (Å²) >= 11 is 0. The third-order valence-corrected chi connectivity index (χ3v) is 3.58. The molecule has 3 nitrogen and oxygen atoms in total. The zero-order valence-corrected chi connectivity index (χ0v) is 10.8. The van der Waals surface area contributed by atoms with Crippen LogP contribution < -0.4 is 5.32 Å². The van der Waals surface area contributed by atoms with Crippen molar-refractivity contribution in [1.82, 2.24) is 10.2 Å². The SMILES string of the molecule is CN(CCNCC1CCCC1)Cc1ccco1. The smallest absolute Gasteiger partial charge is 0.117 e. The Morgan fingerprint density at radius 1 is 1.41 bits per heavy atom. The van der Waals surface area contributed by atoms with Gasteiger partial charge in [-0.15, -0.1) is 0 Å². The fourth-order valence-corrected chi connectivity index (χ4v) is 2.54. The monoisotopic (exact) mass is 236 g/mol. The van der Waals surface area contributed by atoms with Crippen LogP contribution in [0.25, 0.3) is 0 Å². The Bertz CT molecular complexity index is 291. The van der Waals surface area contributed by atoms with Gasteiger partial charge in [0.1, 0.15) is 5.76 Å². The fourth-order valence-electron chi connectivity index (χ4n) is 2.54. The molecule has 1 aliphatic rings. The van der Waals surface area contributed by atoms with Gasteiger partial charge in [0, 0.05) is 13.1 Å². The summed E-state index contributed by atoms with van der Waals surface area (Å²) in [7, 11) is 2.14. The summed E-state index contributed by atoms with van der Waals surface area (Å²) in [6, 6.07) is 3.98. The van der Waals surface area contributed by atoms with E-state index < -0.39 is 0 Å². The van der Waals surface area contributed by atoms with Crippen molar-refractivity contribution >= 4 is 0 Å². The molecule has 17 heavy (non-hydrogen) atoms. The number of hydrogen-bond acceptors (Lipinski definition) is 3. The molecule has 0 aromatic carbocycles. The Kier molecular flexibility index (Phi) is 5.08. The van der Waals surface area contributed by atoms with Crippen LogP contribution in [0.1, 0.15) is 31.4 Å². The minimum Gasteiger partial charge on any atom is -0.468 e. The molecule has 0 bridgehead atoms. The normalized spacial score (nSPS) is 17.1. The number of nitrogens with zero attached hydrogens (tertiary/aromatic N) is 1. The van der Waals surface area contributed by atoms with Crippen molar-refractivity contribution in [2.75, 3.05) is 26.7 Å². The van der Waals surface area contributed by atoms with Crippen LogP contribution in [0.15, 0.2) is 22.8 Å². The maximum absolute atomic E-state index is 5.33. The molecular weight excluding hydrogens is 212 g/mol. The highest BCUT2D eigenvalue weighted by atomic mass is 16.3. The lowest BCUT2D eigenvalue weighted by atomic mass is 10.1. The number of likely N-dealkylation sites (N-methyl/N-ethyl adjacent to an activating group) is 1. The van der Waals surface area contributed by atoms with E-state index in [9.17, 15) is 0 Å². The summed E-state index contributed by atoms with van der Waals surface area (Å²) in [5, 5.41) is 3.57. The molecule has 0 saturated heterocycles. The molecule has 1 aromatic rings. The van der Waals surface area contributed by atoms with Crippen molar-refractivity contribution in [3.8, 4) is 0 Å². The second-order valence-electron chi connectivity index (χ2n) is 5.17. The third-order valence-electron chi connectivity index (χ3n) is 3.58. The molecule has 0 atom stereocenters. The Balaban J connectivity index is 1.52. The zero-order valence-electron chi connectivity index (χ0n) is 10.8. The van der Waals surface area contributed by atoms with Crippen LogP contribution in [-0.4, -0.2) is 31.6 Å². The Morgan fingerprint density at radius 3 is 2.94 bits per heavy atom. The van der Waals surface area contributed by atoms with Crippen LogP contribution in [0.2, 0.25) is 0 Å². The molecule has 1 N–H and O–H groups in total. The van der Waals surface area contributed by atoms with Crippen LogP contribution in [0, 0.1) is 5.92 Å². The molecule has 0 amide bonds. The first kappa shape index (κ1) is 12.7. The number of furan rings is 1. The first-order valence-electron chi connectivity index (χ1n) is 6.76. The standard InChI is InChI=1S/C14H24N2O/c1-16(12-14-7-4-10-17-14)9-8-15-11-13-5-2-3-6-13/h4,7,10,13,15H,2-3,5-6,8-9,11-12H2,1H3. The molecular formula is C14H24N2O. The molecule has 1 aliphatic carbocycles. The van der Waals surface area contributed by atoms with Crippen LogP contribution >= 0.6 is 0 Å². The van der Waals surface area contributed by atoms with Gasteiger partial charge in [0.05, 0.1) is 12.8 Å². The lowest BCUT2D eigenvalue weighted by Crippen LogP contribution is -2.31. The first-order chi connectivity index (χ1) is 8.34. The van der Waals surface area contributed by atoms with Crippen molar-refractivity contribution in [2.24, 2.45) is 5.92 Å². The number of nitrogens with one attached hydrogen (secondary N) is 1. The highest BCUT2D eigenvalue weighted by Gasteiger charge is 2.13. The third kappa shape index (κ3) is 4.52. The molecule has 0 aliphatic heterocycles. The van der Waals surface area contributed by atoms with E-state index in [4.69, 9.17) is 4.42 Å². The second-order valence-corrected chi connectivity index (χ2v) is 5.17. The average molecular weight is 236 g/mol. The van der Waals surface area contributed by atoms with E-state index in [-0.39, 0.29) is 0 Å². The van der Waals surface area contributed by atoms with Gasteiger partial charge in [0.15, 0.2) is 0 Å². The van der Waals surface area contributed by atoms with Gasteiger partial charge >= 0.3 is 0 Å². The van der Waals surface area contributed by atoms with Gasteiger partial charge in [-0.2, -0.15) is 0 Å². The summed E-state index contributed by atoms with van der Waals surface area (Å²) in [5.74, 6) is 1.98. The summed E-state index contributed by atoms with van der Waals surface area (Å²) < 4.78 is 5.33. The van der Waals surface area contributed by atoms with Crippen LogP contribution in [0.3, 0.4) is 0 Å². The van der Waals surface area contributed by atoms with Gasteiger partial charge in [-0.05, 0) is 44.5 Å². The van der Waals surface area contributed by atoms with E-state index in [2.05, 4.69) is 17.3 Å². The molecule has 96 valence electrons. The van der Waals surface area contributed by atoms with E-state index in [1.54, 1.807) is 6.26 Å². The van der Waals surface area contributed by atoms with Crippen molar-refractivity contribution in [1.29, 1.82) is 0 Å². The summed E-state index contributed by atoms with van der Waals surface area (Å²) in [6.07, 6.45) is 7.46. The van der Waals surface area contributed by atoms with Crippen molar-refractivity contribution in [2.45, 2.75) is 32.2 Å².